The van der Waals surface area contributed by atoms with Crippen molar-refractivity contribution in [1.82, 2.24) is 5.32 Å². The molecule has 0 radical (unpaired) electrons. The van der Waals surface area contributed by atoms with Crippen LogP contribution in [0.1, 0.15) is 12.8 Å². The van der Waals surface area contributed by atoms with Gasteiger partial charge in [-0.05, 0) is 31.5 Å². The Morgan fingerprint density at radius 1 is 1.24 bits per heavy atom. The summed E-state index contributed by atoms with van der Waals surface area (Å²) in [7, 11) is 0. The van der Waals surface area contributed by atoms with Crippen LogP contribution >= 0.6 is 23.2 Å². The highest BCUT2D eigenvalue weighted by Gasteiger charge is 1.99. The molecule has 94 valence electrons. The molecule has 0 amide bonds. The third-order valence-electron chi connectivity index (χ3n) is 2.20. The van der Waals surface area contributed by atoms with Gasteiger partial charge in [0.05, 0.1) is 16.7 Å². The van der Waals surface area contributed by atoms with Gasteiger partial charge in [0.15, 0.2) is 0 Å². The molecule has 1 aromatic rings. The fourth-order valence-corrected chi connectivity index (χ4v) is 1.60. The van der Waals surface area contributed by atoms with Gasteiger partial charge in [0.1, 0.15) is 5.75 Å². The van der Waals surface area contributed by atoms with Gasteiger partial charge in [-0.15, -0.1) is 6.58 Å². The van der Waals surface area contributed by atoms with Gasteiger partial charge >= 0.3 is 0 Å². The number of halogens is 2. The molecule has 0 aliphatic heterocycles. The molecule has 0 aromatic heterocycles. The van der Waals surface area contributed by atoms with Gasteiger partial charge in [0.25, 0.3) is 0 Å². The predicted molar refractivity (Wildman–Crippen MR) is 74.3 cm³/mol. The maximum atomic E-state index is 5.88. The minimum absolute atomic E-state index is 0.525. The topological polar surface area (TPSA) is 21.3 Å². The van der Waals surface area contributed by atoms with Crippen molar-refractivity contribution >= 4 is 23.2 Å². The van der Waals surface area contributed by atoms with Crippen molar-refractivity contribution in [3.8, 4) is 5.75 Å². The maximum Gasteiger partial charge on any atom is 0.120 e. The largest absolute Gasteiger partial charge is 0.494 e. The molecule has 0 saturated heterocycles. The van der Waals surface area contributed by atoms with E-state index in [4.69, 9.17) is 27.9 Å². The van der Waals surface area contributed by atoms with E-state index in [1.165, 1.54) is 0 Å². The quantitative estimate of drug-likeness (QED) is 0.573. The number of rotatable bonds is 8. The second kappa shape index (κ2) is 8.40. The van der Waals surface area contributed by atoms with Crippen molar-refractivity contribution in [1.29, 1.82) is 0 Å². The molecule has 0 bridgehead atoms. The third-order valence-corrected chi connectivity index (χ3v) is 2.94. The number of hydrogen-bond acceptors (Lipinski definition) is 2. The average molecular weight is 274 g/mol. The van der Waals surface area contributed by atoms with Crippen molar-refractivity contribution < 1.29 is 4.74 Å². The van der Waals surface area contributed by atoms with Crippen LogP contribution in [0.4, 0.5) is 0 Å². The molecule has 1 N–H and O–H groups in total. The van der Waals surface area contributed by atoms with Crippen molar-refractivity contribution in [2.24, 2.45) is 0 Å². The van der Waals surface area contributed by atoms with E-state index in [-0.39, 0.29) is 0 Å². The van der Waals surface area contributed by atoms with Crippen LogP contribution in [0.3, 0.4) is 0 Å². The molecule has 0 spiro atoms. The average Bonchev–Trinajstić information content (AvgIpc) is 2.32. The molecule has 0 heterocycles. The van der Waals surface area contributed by atoms with Crippen molar-refractivity contribution in [3.63, 3.8) is 0 Å². The van der Waals surface area contributed by atoms with Gasteiger partial charge in [-0.25, -0.2) is 0 Å². The van der Waals surface area contributed by atoms with Crippen LogP contribution in [0.2, 0.25) is 10.0 Å². The normalized spacial score (nSPS) is 10.2. The van der Waals surface area contributed by atoms with Crippen molar-refractivity contribution in [2.45, 2.75) is 12.8 Å². The highest BCUT2D eigenvalue weighted by Crippen LogP contribution is 2.26. The Morgan fingerprint density at radius 3 is 2.76 bits per heavy atom. The van der Waals surface area contributed by atoms with Gasteiger partial charge in [-0.1, -0.05) is 29.3 Å². The fraction of sp³-hybridized carbons (Fsp3) is 0.385. The lowest BCUT2D eigenvalue weighted by Crippen LogP contribution is -2.15. The smallest absolute Gasteiger partial charge is 0.120 e. The molecule has 1 rings (SSSR count). The summed E-state index contributed by atoms with van der Waals surface area (Å²) in [6.45, 7) is 6.17. The summed E-state index contributed by atoms with van der Waals surface area (Å²) in [5.74, 6) is 0.762. The van der Waals surface area contributed by atoms with Crippen LogP contribution in [-0.2, 0) is 0 Å². The molecule has 0 unspecified atom stereocenters. The summed E-state index contributed by atoms with van der Waals surface area (Å²) in [5, 5.41) is 4.31. The first-order chi connectivity index (χ1) is 8.24. The number of unbranched alkanes of at least 4 members (excludes halogenated alkanes) is 1. The van der Waals surface area contributed by atoms with Crippen molar-refractivity contribution in [3.05, 3.63) is 40.9 Å². The molecule has 4 heteroatoms. The Kier molecular flexibility index (Phi) is 7.10. The van der Waals surface area contributed by atoms with Crippen LogP contribution in [-0.4, -0.2) is 19.7 Å². The van der Waals surface area contributed by atoms with Gasteiger partial charge in [-0.3, -0.25) is 0 Å². The van der Waals surface area contributed by atoms with Crippen LogP contribution in [0.15, 0.2) is 30.9 Å². The number of nitrogens with one attached hydrogen (secondary N) is 1. The van der Waals surface area contributed by atoms with E-state index in [0.29, 0.717) is 16.7 Å². The second-order valence-corrected chi connectivity index (χ2v) is 4.44. The van der Waals surface area contributed by atoms with Crippen molar-refractivity contribution in [2.75, 3.05) is 19.7 Å². The number of hydrogen-bond donors (Lipinski definition) is 1. The zero-order chi connectivity index (χ0) is 12.5. The Balaban J connectivity index is 2.13. The monoisotopic (exact) mass is 273 g/mol. The zero-order valence-corrected chi connectivity index (χ0v) is 11.2. The summed E-state index contributed by atoms with van der Waals surface area (Å²) in [6.07, 6.45) is 3.94. The zero-order valence-electron chi connectivity index (χ0n) is 9.72. The summed E-state index contributed by atoms with van der Waals surface area (Å²) in [5.41, 5.74) is 0. The summed E-state index contributed by atoms with van der Waals surface area (Å²) in [6, 6.07) is 5.30. The molecule has 0 atom stereocenters. The van der Waals surface area contributed by atoms with Gasteiger partial charge < -0.3 is 10.1 Å². The molecular weight excluding hydrogens is 257 g/mol. The first kappa shape index (κ1) is 14.4. The lowest BCUT2D eigenvalue weighted by atomic mass is 10.3. The predicted octanol–water partition coefficient (Wildman–Crippen LogP) is 3.93. The summed E-state index contributed by atoms with van der Waals surface area (Å²) >= 11 is 11.7. The standard InChI is InChI=1S/C13H17Cl2NO/c1-2-7-16-8-3-4-9-17-11-5-6-12(14)13(15)10-11/h2,5-6,10,16H,1,3-4,7-9H2. The van der Waals surface area contributed by atoms with Gasteiger partial charge in [0, 0.05) is 12.6 Å². The van der Waals surface area contributed by atoms with E-state index in [2.05, 4.69) is 11.9 Å². The minimum Gasteiger partial charge on any atom is -0.494 e. The lowest BCUT2D eigenvalue weighted by molar-refractivity contribution is 0.306. The van der Waals surface area contributed by atoms with Crippen LogP contribution in [0, 0.1) is 0 Å². The van der Waals surface area contributed by atoms with Gasteiger partial charge in [0.2, 0.25) is 0 Å². The second-order valence-electron chi connectivity index (χ2n) is 3.62. The number of benzene rings is 1. The van der Waals surface area contributed by atoms with Crippen LogP contribution in [0.5, 0.6) is 5.75 Å². The first-order valence-corrected chi connectivity index (χ1v) is 6.39. The molecule has 0 fully saturated rings. The number of ether oxygens (including phenoxy) is 1. The van der Waals surface area contributed by atoms with E-state index >= 15 is 0 Å². The Morgan fingerprint density at radius 2 is 2.06 bits per heavy atom. The summed E-state index contributed by atoms with van der Waals surface area (Å²) in [4.78, 5) is 0. The molecule has 17 heavy (non-hydrogen) atoms. The SMILES string of the molecule is C=CCNCCCCOc1ccc(Cl)c(Cl)c1. The molecule has 0 aliphatic carbocycles. The fourth-order valence-electron chi connectivity index (χ4n) is 1.31. The molecule has 1 aromatic carbocycles. The minimum atomic E-state index is 0.525. The Labute approximate surface area is 113 Å². The lowest BCUT2D eigenvalue weighted by Gasteiger charge is -2.07. The molecule has 2 nitrogen and oxygen atoms in total. The Hall–Kier alpha value is -0.700. The van der Waals surface area contributed by atoms with E-state index in [1.54, 1.807) is 12.1 Å². The van der Waals surface area contributed by atoms with E-state index in [1.807, 2.05) is 12.1 Å². The van der Waals surface area contributed by atoms with E-state index in [9.17, 15) is 0 Å². The third kappa shape index (κ3) is 5.97. The maximum absolute atomic E-state index is 5.88. The highest BCUT2D eigenvalue weighted by molar-refractivity contribution is 6.42. The van der Waals surface area contributed by atoms with Crippen LogP contribution < -0.4 is 10.1 Å². The van der Waals surface area contributed by atoms with Gasteiger partial charge in [-0.2, -0.15) is 0 Å². The van der Waals surface area contributed by atoms with Crippen LogP contribution in [0.25, 0.3) is 0 Å². The summed E-state index contributed by atoms with van der Waals surface area (Å²) < 4.78 is 5.56. The Bertz CT molecular complexity index is 355. The highest BCUT2D eigenvalue weighted by atomic mass is 35.5. The first-order valence-electron chi connectivity index (χ1n) is 5.63. The molecular formula is C13H17Cl2NO. The molecule has 0 aliphatic rings. The van der Waals surface area contributed by atoms with E-state index < -0.39 is 0 Å². The van der Waals surface area contributed by atoms with E-state index in [0.717, 1.165) is 31.7 Å². The molecule has 0 saturated carbocycles.